The van der Waals surface area contributed by atoms with Crippen LogP contribution in [0.15, 0.2) is 53.3 Å². The summed E-state index contributed by atoms with van der Waals surface area (Å²) in [7, 11) is 4.03. The molecule has 140 valence electrons. The SMILES string of the molecule is Cc1cc2cc(CC(=O)NCCc3ccc(N(C)C)cc3)ccc2[nH]c1=O. The second-order valence-corrected chi connectivity index (χ2v) is 7.04. The fraction of sp³-hybridized carbons (Fsp3) is 0.273. The molecular formula is C22H25N3O2. The molecule has 0 saturated heterocycles. The second kappa shape index (κ2) is 8.08. The maximum Gasteiger partial charge on any atom is 0.251 e. The minimum atomic E-state index is -0.0772. The monoisotopic (exact) mass is 363 g/mol. The van der Waals surface area contributed by atoms with Crippen LogP contribution in [-0.2, 0) is 17.6 Å². The van der Waals surface area contributed by atoms with Crippen LogP contribution in [0.3, 0.4) is 0 Å². The number of carbonyl (C=O) groups is 1. The fourth-order valence-electron chi connectivity index (χ4n) is 3.03. The van der Waals surface area contributed by atoms with Crippen molar-refractivity contribution in [1.82, 2.24) is 10.3 Å². The zero-order chi connectivity index (χ0) is 19.4. The lowest BCUT2D eigenvalue weighted by Crippen LogP contribution is -2.27. The predicted octanol–water partition coefficient (Wildman–Crippen LogP) is 2.80. The van der Waals surface area contributed by atoms with E-state index in [9.17, 15) is 9.59 Å². The van der Waals surface area contributed by atoms with E-state index >= 15 is 0 Å². The van der Waals surface area contributed by atoms with Gasteiger partial charge in [-0.25, -0.2) is 0 Å². The summed E-state index contributed by atoms with van der Waals surface area (Å²) in [5, 5.41) is 3.92. The number of pyridine rings is 1. The van der Waals surface area contributed by atoms with E-state index in [1.807, 2.05) is 38.4 Å². The first-order valence-corrected chi connectivity index (χ1v) is 9.08. The molecule has 0 atom stereocenters. The Morgan fingerprint density at radius 2 is 1.74 bits per heavy atom. The Balaban J connectivity index is 1.55. The van der Waals surface area contributed by atoms with Gasteiger partial charge in [0.25, 0.3) is 5.56 Å². The van der Waals surface area contributed by atoms with E-state index in [0.717, 1.165) is 28.6 Å². The lowest BCUT2D eigenvalue weighted by atomic mass is 10.1. The number of nitrogens with one attached hydrogen (secondary N) is 2. The summed E-state index contributed by atoms with van der Waals surface area (Å²) < 4.78 is 0. The molecule has 0 fully saturated rings. The number of aromatic amines is 1. The molecule has 2 N–H and O–H groups in total. The predicted molar refractivity (Wildman–Crippen MR) is 110 cm³/mol. The number of benzene rings is 2. The van der Waals surface area contributed by atoms with Gasteiger partial charge in [-0.2, -0.15) is 0 Å². The van der Waals surface area contributed by atoms with Crippen LogP contribution in [0.25, 0.3) is 10.9 Å². The van der Waals surface area contributed by atoms with E-state index in [-0.39, 0.29) is 11.5 Å². The molecule has 0 aliphatic carbocycles. The molecule has 0 aliphatic rings. The number of hydrogen-bond acceptors (Lipinski definition) is 3. The highest BCUT2D eigenvalue weighted by Crippen LogP contribution is 2.14. The number of rotatable bonds is 6. The Morgan fingerprint density at radius 3 is 2.44 bits per heavy atom. The largest absolute Gasteiger partial charge is 0.378 e. The Labute approximate surface area is 159 Å². The molecule has 3 rings (SSSR count). The zero-order valence-electron chi connectivity index (χ0n) is 16.0. The van der Waals surface area contributed by atoms with Crippen molar-refractivity contribution in [2.75, 3.05) is 25.5 Å². The molecule has 2 aromatic carbocycles. The first kappa shape index (κ1) is 18.7. The lowest BCUT2D eigenvalue weighted by Gasteiger charge is -2.12. The summed E-state index contributed by atoms with van der Waals surface area (Å²) in [6.07, 6.45) is 1.13. The molecule has 1 heterocycles. The first-order chi connectivity index (χ1) is 12.9. The topological polar surface area (TPSA) is 65.2 Å². The van der Waals surface area contributed by atoms with E-state index in [1.54, 1.807) is 6.92 Å². The molecule has 0 aliphatic heterocycles. The average Bonchev–Trinajstić information content (AvgIpc) is 2.63. The number of carbonyl (C=O) groups excluding carboxylic acids is 1. The summed E-state index contributed by atoms with van der Waals surface area (Å²) in [6.45, 7) is 2.39. The van der Waals surface area contributed by atoms with Crippen molar-refractivity contribution < 1.29 is 4.79 Å². The van der Waals surface area contributed by atoms with Gasteiger partial charge < -0.3 is 15.2 Å². The van der Waals surface area contributed by atoms with Crippen LogP contribution in [0.2, 0.25) is 0 Å². The van der Waals surface area contributed by atoms with Crippen molar-refractivity contribution in [3.05, 3.63) is 75.6 Å². The Morgan fingerprint density at radius 1 is 1.04 bits per heavy atom. The molecule has 5 nitrogen and oxygen atoms in total. The van der Waals surface area contributed by atoms with Crippen molar-refractivity contribution in [2.24, 2.45) is 0 Å². The van der Waals surface area contributed by atoms with E-state index in [2.05, 4.69) is 39.5 Å². The number of aryl methyl sites for hydroxylation is 1. The quantitative estimate of drug-likeness (QED) is 0.708. The highest BCUT2D eigenvalue weighted by atomic mass is 16.1. The Kier molecular flexibility index (Phi) is 5.60. The molecule has 0 spiro atoms. The minimum absolute atomic E-state index is 0.000378. The van der Waals surface area contributed by atoms with Gasteiger partial charge in [0.2, 0.25) is 5.91 Å². The third kappa shape index (κ3) is 4.76. The van der Waals surface area contributed by atoms with Gasteiger partial charge >= 0.3 is 0 Å². The van der Waals surface area contributed by atoms with Gasteiger partial charge in [0.05, 0.1) is 6.42 Å². The number of fused-ring (bicyclic) bond motifs is 1. The second-order valence-electron chi connectivity index (χ2n) is 7.04. The summed E-state index contributed by atoms with van der Waals surface area (Å²) in [5.41, 5.74) is 4.68. The summed E-state index contributed by atoms with van der Waals surface area (Å²) in [4.78, 5) is 28.8. The van der Waals surface area contributed by atoms with Crippen LogP contribution in [0, 0.1) is 6.92 Å². The van der Waals surface area contributed by atoms with E-state index in [0.29, 0.717) is 18.5 Å². The van der Waals surface area contributed by atoms with Gasteiger partial charge in [-0.15, -0.1) is 0 Å². The van der Waals surface area contributed by atoms with Gasteiger partial charge in [0.15, 0.2) is 0 Å². The number of aromatic nitrogens is 1. The Bertz CT molecular complexity index is 1000. The lowest BCUT2D eigenvalue weighted by molar-refractivity contribution is -0.120. The fourth-order valence-corrected chi connectivity index (χ4v) is 3.03. The molecule has 0 unspecified atom stereocenters. The van der Waals surface area contributed by atoms with Gasteiger partial charge in [-0.3, -0.25) is 9.59 Å². The molecular weight excluding hydrogens is 338 g/mol. The molecule has 27 heavy (non-hydrogen) atoms. The van der Waals surface area contributed by atoms with Crippen molar-refractivity contribution in [3.8, 4) is 0 Å². The summed E-state index contributed by atoms with van der Waals surface area (Å²) >= 11 is 0. The smallest absolute Gasteiger partial charge is 0.251 e. The van der Waals surface area contributed by atoms with Crippen molar-refractivity contribution in [3.63, 3.8) is 0 Å². The van der Waals surface area contributed by atoms with Crippen molar-refractivity contribution in [2.45, 2.75) is 19.8 Å². The Hall–Kier alpha value is -3.08. The van der Waals surface area contributed by atoms with E-state index in [1.165, 1.54) is 5.56 Å². The number of anilines is 1. The number of H-pyrrole nitrogens is 1. The first-order valence-electron chi connectivity index (χ1n) is 9.08. The van der Waals surface area contributed by atoms with Gasteiger partial charge in [-0.1, -0.05) is 18.2 Å². The number of nitrogens with zero attached hydrogens (tertiary/aromatic N) is 1. The summed E-state index contributed by atoms with van der Waals surface area (Å²) in [5.74, 6) is 0.000378. The molecule has 1 aromatic heterocycles. The third-order valence-electron chi connectivity index (χ3n) is 4.65. The molecule has 0 saturated carbocycles. The van der Waals surface area contributed by atoms with Gasteiger partial charge in [-0.05, 0) is 60.2 Å². The number of amides is 1. The van der Waals surface area contributed by atoms with Gasteiger partial charge in [0.1, 0.15) is 0 Å². The van der Waals surface area contributed by atoms with Crippen LogP contribution in [0.4, 0.5) is 5.69 Å². The molecule has 3 aromatic rings. The standard InChI is InChI=1S/C22H25N3O2/c1-15-12-18-13-17(6-9-20(18)24-22(15)27)14-21(26)23-11-10-16-4-7-19(8-5-16)25(2)3/h4-9,12-13H,10-11,14H2,1-3H3,(H,23,26)(H,24,27). The van der Waals surface area contributed by atoms with E-state index < -0.39 is 0 Å². The number of hydrogen-bond donors (Lipinski definition) is 2. The third-order valence-corrected chi connectivity index (χ3v) is 4.65. The van der Waals surface area contributed by atoms with Crippen LogP contribution >= 0.6 is 0 Å². The molecule has 5 heteroatoms. The van der Waals surface area contributed by atoms with E-state index in [4.69, 9.17) is 0 Å². The van der Waals surface area contributed by atoms with Crippen LogP contribution in [-0.4, -0.2) is 31.5 Å². The van der Waals surface area contributed by atoms with Crippen LogP contribution < -0.4 is 15.8 Å². The van der Waals surface area contributed by atoms with Crippen LogP contribution in [0.5, 0.6) is 0 Å². The normalized spacial score (nSPS) is 10.8. The van der Waals surface area contributed by atoms with Crippen molar-refractivity contribution >= 4 is 22.5 Å². The zero-order valence-corrected chi connectivity index (χ0v) is 16.0. The average molecular weight is 363 g/mol. The van der Waals surface area contributed by atoms with Gasteiger partial charge in [0, 0.05) is 37.4 Å². The molecule has 1 amide bonds. The maximum atomic E-state index is 12.2. The highest BCUT2D eigenvalue weighted by molar-refractivity contribution is 5.83. The summed E-state index contributed by atoms with van der Waals surface area (Å²) in [6, 6.07) is 15.9. The minimum Gasteiger partial charge on any atom is -0.378 e. The molecule has 0 radical (unpaired) electrons. The maximum absolute atomic E-state index is 12.2. The highest BCUT2D eigenvalue weighted by Gasteiger charge is 2.06. The van der Waals surface area contributed by atoms with Crippen LogP contribution in [0.1, 0.15) is 16.7 Å². The van der Waals surface area contributed by atoms with Crippen molar-refractivity contribution in [1.29, 1.82) is 0 Å². The molecule has 0 bridgehead atoms.